The first-order valence-electron chi connectivity index (χ1n) is 8.85. The fourth-order valence-electron chi connectivity index (χ4n) is 3.25. The summed E-state index contributed by atoms with van der Waals surface area (Å²) in [6, 6.07) is 13.8. The Morgan fingerprint density at radius 3 is 2.92 bits per heavy atom. The Morgan fingerprint density at radius 2 is 2.12 bits per heavy atom. The largest absolute Gasteiger partial charge is 0.464 e. The predicted molar refractivity (Wildman–Crippen MR) is 102 cm³/mol. The Balaban J connectivity index is 1.52. The smallest absolute Gasteiger partial charge is 0.225 e. The number of furan rings is 1. The lowest BCUT2D eigenvalue weighted by Crippen LogP contribution is -2.30. The molecule has 2 aromatic carbocycles. The quantitative estimate of drug-likeness (QED) is 0.561. The third-order valence-electron chi connectivity index (χ3n) is 4.64. The number of para-hydroxylation sites is 2. The molecule has 0 aliphatic rings. The van der Waals surface area contributed by atoms with Crippen molar-refractivity contribution in [3.05, 3.63) is 65.7 Å². The average Bonchev–Trinajstić information content (AvgIpc) is 3.23. The lowest BCUT2D eigenvalue weighted by Gasteiger charge is -2.14. The number of aryl methyl sites for hydroxylation is 1. The highest BCUT2D eigenvalue weighted by Crippen LogP contribution is 2.23. The second-order valence-corrected chi connectivity index (χ2v) is 6.60. The molecule has 0 spiro atoms. The van der Waals surface area contributed by atoms with Gasteiger partial charge in [0.1, 0.15) is 11.4 Å². The van der Waals surface area contributed by atoms with E-state index in [9.17, 15) is 4.79 Å². The molecule has 0 bridgehead atoms. The molecule has 26 heavy (non-hydrogen) atoms. The van der Waals surface area contributed by atoms with Crippen molar-refractivity contribution in [3.63, 3.8) is 0 Å². The van der Waals surface area contributed by atoms with Crippen molar-refractivity contribution in [3.8, 4) is 0 Å². The van der Waals surface area contributed by atoms with Gasteiger partial charge in [0.05, 0.1) is 29.8 Å². The van der Waals surface area contributed by atoms with Gasteiger partial charge in [-0.15, -0.1) is 0 Å². The van der Waals surface area contributed by atoms with Crippen molar-refractivity contribution >= 4 is 27.9 Å². The summed E-state index contributed by atoms with van der Waals surface area (Å²) in [5, 5.41) is 4.07. The molecule has 1 atom stereocenters. The summed E-state index contributed by atoms with van der Waals surface area (Å²) in [5.41, 5.74) is 4.74. The number of aromatic amines is 1. The minimum Gasteiger partial charge on any atom is -0.464 e. The second-order valence-electron chi connectivity index (χ2n) is 6.60. The summed E-state index contributed by atoms with van der Waals surface area (Å²) < 4.78 is 5.59. The first-order valence-corrected chi connectivity index (χ1v) is 8.85. The van der Waals surface area contributed by atoms with E-state index in [1.807, 2.05) is 56.3 Å². The van der Waals surface area contributed by atoms with Crippen LogP contribution in [0.4, 0.5) is 0 Å². The molecule has 2 N–H and O–H groups in total. The Kier molecular flexibility index (Phi) is 4.21. The number of amides is 1. The summed E-state index contributed by atoms with van der Waals surface area (Å²) in [5.74, 6) is 0.746. The first-order chi connectivity index (χ1) is 12.6. The maximum absolute atomic E-state index is 12.6. The molecule has 2 aromatic heterocycles. The Bertz CT molecular complexity index is 1040. The molecule has 5 heteroatoms. The number of hydrogen-bond donors (Lipinski definition) is 2. The van der Waals surface area contributed by atoms with Crippen molar-refractivity contribution in [2.45, 2.75) is 32.7 Å². The van der Waals surface area contributed by atoms with Crippen molar-refractivity contribution < 1.29 is 9.21 Å². The van der Waals surface area contributed by atoms with Crippen LogP contribution in [0.25, 0.3) is 22.0 Å². The summed E-state index contributed by atoms with van der Waals surface area (Å²) in [6.45, 7) is 4.06. The number of benzene rings is 2. The zero-order valence-corrected chi connectivity index (χ0v) is 14.9. The molecule has 1 amide bonds. The number of rotatable bonds is 5. The van der Waals surface area contributed by atoms with Gasteiger partial charge in [-0.1, -0.05) is 31.2 Å². The van der Waals surface area contributed by atoms with Crippen LogP contribution in [0.15, 0.2) is 53.1 Å². The number of nitrogens with one attached hydrogen (secondary N) is 2. The second kappa shape index (κ2) is 6.67. The monoisotopic (exact) mass is 347 g/mol. The highest BCUT2D eigenvalue weighted by molar-refractivity contribution is 5.88. The number of nitrogens with zero attached hydrogens (tertiary/aromatic N) is 1. The van der Waals surface area contributed by atoms with Gasteiger partial charge >= 0.3 is 0 Å². The van der Waals surface area contributed by atoms with E-state index in [0.29, 0.717) is 0 Å². The average molecular weight is 347 g/mol. The molecule has 0 fully saturated rings. The molecule has 4 aromatic rings. The topological polar surface area (TPSA) is 70.9 Å². The van der Waals surface area contributed by atoms with Crippen LogP contribution in [0.2, 0.25) is 0 Å². The van der Waals surface area contributed by atoms with Gasteiger partial charge < -0.3 is 14.7 Å². The van der Waals surface area contributed by atoms with E-state index in [-0.39, 0.29) is 18.4 Å². The lowest BCUT2D eigenvalue weighted by atomic mass is 10.1. The van der Waals surface area contributed by atoms with Crippen LogP contribution in [0.3, 0.4) is 0 Å². The maximum atomic E-state index is 12.6. The highest BCUT2D eigenvalue weighted by Gasteiger charge is 2.18. The molecule has 132 valence electrons. The molecule has 4 rings (SSSR count). The van der Waals surface area contributed by atoms with Crippen LogP contribution in [0, 0.1) is 6.92 Å². The molecule has 1 unspecified atom stereocenters. The standard InChI is InChI=1S/C21H21N3O2/c1-3-16(21-23-17-6-4-5-7-18(17)24-21)22-20(25)11-14-12-26-19-10-13(2)8-9-15(14)19/h4-10,12,16H,3,11H2,1-2H3,(H,22,25)(H,23,24). The molecule has 0 saturated heterocycles. The normalized spacial score (nSPS) is 12.5. The van der Waals surface area contributed by atoms with Gasteiger partial charge in [-0.05, 0) is 37.1 Å². The van der Waals surface area contributed by atoms with E-state index in [1.165, 1.54) is 0 Å². The van der Waals surface area contributed by atoms with Gasteiger partial charge in [0, 0.05) is 10.9 Å². The fourth-order valence-corrected chi connectivity index (χ4v) is 3.25. The van der Waals surface area contributed by atoms with E-state index in [2.05, 4.69) is 15.3 Å². The zero-order chi connectivity index (χ0) is 18.1. The van der Waals surface area contributed by atoms with Crippen LogP contribution < -0.4 is 5.32 Å². The highest BCUT2D eigenvalue weighted by atomic mass is 16.3. The van der Waals surface area contributed by atoms with E-state index < -0.39 is 0 Å². The van der Waals surface area contributed by atoms with Crippen molar-refractivity contribution in [2.24, 2.45) is 0 Å². The molecular weight excluding hydrogens is 326 g/mol. The van der Waals surface area contributed by atoms with E-state index >= 15 is 0 Å². The van der Waals surface area contributed by atoms with Crippen LogP contribution in [-0.2, 0) is 11.2 Å². The summed E-state index contributed by atoms with van der Waals surface area (Å²) in [4.78, 5) is 20.5. The molecule has 0 saturated carbocycles. The van der Waals surface area contributed by atoms with Crippen LogP contribution in [0.5, 0.6) is 0 Å². The van der Waals surface area contributed by atoms with E-state index in [1.54, 1.807) is 6.26 Å². The van der Waals surface area contributed by atoms with Crippen molar-refractivity contribution in [1.82, 2.24) is 15.3 Å². The van der Waals surface area contributed by atoms with Crippen molar-refractivity contribution in [1.29, 1.82) is 0 Å². The molecular formula is C21H21N3O2. The number of fused-ring (bicyclic) bond motifs is 2. The first kappa shape index (κ1) is 16.4. The summed E-state index contributed by atoms with van der Waals surface area (Å²) >= 11 is 0. The van der Waals surface area contributed by atoms with Gasteiger partial charge in [0.15, 0.2) is 0 Å². The Labute approximate surface area is 151 Å². The Morgan fingerprint density at radius 1 is 1.27 bits per heavy atom. The van der Waals surface area contributed by atoms with Crippen molar-refractivity contribution in [2.75, 3.05) is 0 Å². The number of carbonyl (C=O) groups excluding carboxylic acids is 1. The van der Waals surface area contributed by atoms with Gasteiger partial charge in [0.2, 0.25) is 5.91 Å². The number of hydrogen-bond acceptors (Lipinski definition) is 3. The van der Waals surface area contributed by atoms with Crippen LogP contribution in [0.1, 0.15) is 36.3 Å². The molecule has 5 nitrogen and oxygen atoms in total. The minimum atomic E-state index is -0.143. The van der Waals surface area contributed by atoms with Gasteiger partial charge in [0.25, 0.3) is 0 Å². The summed E-state index contributed by atoms with van der Waals surface area (Å²) in [6.07, 6.45) is 2.72. The predicted octanol–water partition coefficient (Wildman–Crippen LogP) is 4.43. The number of aromatic nitrogens is 2. The van der Waals surface area contributed by atoms with Crippen LogP contribution in [-0.4, -0.2) is 15.9 Å². The zero-order valence-electron chi connectivity index (χ0n) is 14.9. The minimum absolute atomic E-state index is 0.0411. The maximum Gasteiger partial charge on any atom is 0.225 e. The molecule has 2 heterocycles. The number of carbonyl (C=O) groups is 1. The van der Waals surface area contributed by atoms with E-state index in [0.717, 1.165) is 45.4 Å². The molecule has 0 aliphatic carbocycles. The van der Waals surface area contributed by atoms with Gasteiger partial charge in [-0.25, -0.2) is 4.98 Å². The molecule has 0 aliphatic heterocycles. The van der Waals surface area contributed by atoms with Crippen LogP contribution >= 0.6 is 0 Å². The Hall–Kier alpha value is -3.08. The van der Waals surface area contributed by atoms with E-state index in [4.69, 9.17) is 4.42 Å². The number of H-pyrrole nitrogens is 1. The SMILES string of the molecule is CCC(NC(=O)Cc1coc2cc(C)ccc12)c1nc2ccccc2[nH]1. The lowest BCUT2D eigenvalue weighted by molar-refractivity contribution is -0.121. The fraction of sp³-hybridized carbons (Fsp3) is 0.238. The van der Waals surface area contributed by atoms with Gasteiger partial charge in [-0.3, -0.25) is 4.79 Å². The third kappa shape index (κ3) is 3.08. The number of imidazole rings is 1. The summed E-state index contributed by atoms with van der Waals surface area (Å²) in [7, 11) is 0. The molecule has 0 radical (unpaired) electrons. The third-order valence-corrected chi connectivity index (χ3v) is 4.64. The van der Waals surface area contributed by atoms with Gasteiger partial charge in [-0.2, -0.15) is 0 Å².